The first-order valence-corrected chi connectivity index (χ1v) is 13.3. The summed E-state index contributed by atoms with van der Waals surface area (Å²) < 4.78 is 11.6. The molecule has 4 N–H and O–H groups in total. The Hall–Kier alpha value is -4.08. The summed E-state index contributed by atoms with van der Waals surface area (Å²) in [5, 5.41) is 29.0. The Morgan fingerprint density at radius 2 is 1.75 bits per heavy atom. The average molecular weight is 549 g/mol. The molecule has 0 bridgehead atoms. The van der Waals surface area contributed by atoms with Gasteiger partial charge in [0.25, 0.3) is 0 Å². The molecule has 212 valence electrons. The van der Waals surface area contributed by atoms with E-state index >= 15 is 0 Å². The predicted molar refractivity (Wildman–Crippen MR) is 153 cm³/mol. The van der Waals surface area contributed by atoms with Crippen LogP contribution in [0.4, 0.5) is 0 Å². The number of hydrogen-bond donors (Lipinski definition) is 4. The molecule has 1 saturated heterocycles. The van der Waals surface area contributed by atoms with E-state index in [-0.39, 0.29) is 0 Å². The van der Waals surface area contributed by atoms with Crippen LogP contribution in [0.5, 0.6) is 11.5 Å². The number of piperidine rings is 1. The smallest absolute Gasteiger partial charge is 0.414 e. The maximum absolute atomic E-state index is 10.7. The van der Waals surface area contributed by atoms with E-state index in [1.54, 1.807) is 7.11 Å². The van der Waals surface area contributed by atoms with E-state index in [2.05, 4.69) is 47.1 Å². The van der Waals surface area contributed by atoms with Crippen LogP contribution >= 0.6 is 0 Å². The van der Waals surface area contributed by atoms with Crippen LogP contribution in [-0.2, 0) is 9.59 Å². The minimum Gasteiger partial charge on any atom is -0.496 e. The third-order valence-electron chi connectivity index (χ3n) is 7.39. The fourth-order valence-electron chi connectivity index (χ4n) is 5.39. The number of aryl methyl sites for hydroxylation is 1. The van der Waals surface area contributed by atoms with Crippen molar-refractivity contribution in [1.29, 1.82) is 0 Å². The third kappa shape index (κ3) is 6.91. The van der Waals surface area contributed by atoms with Gasteiger partial charge in [-0.15, -0.1) is 0 Å². The number of carboxylic acids is 2. The van der Waals surface area contributed by atoms with Crippen LogP contribution in [0.2, 0.25) is 0 Å². The first kappa shape index (κ1) is 28.9. The highest BCUT2D eigenvalue weighted by Gasteiger charge is 2.28. The minimum atomic E-state index is -1.82. The molecule has 1 aliphatic rings. The molecular weight excluding hydrogens is 512 g/mol. The zero-order valence-corrected chi connectivity index (χ0v) is 23.0. The summed E-state index contributed by atoms with van der Waals surface area (Å²) in [6.45, 7) is 6.20. The lowest BCUT2D eigenvalue weighted by molar-refractivity contribution is -0.159. The molecule has 0 saturated carbocycles. The van der Waals surface area contributed by atoms with Crippen LogP contribution in [0.25, 0.3) is 21.7 Å². The average Bonchev–Trinajstić information content (AvgIpc) is 3.33. The number of aliphatic carboxylic acids is 2. The maximum atomic E-state index is 10.7. The Balaban J connectivity index is 0.000000557. The van der Waals surface area contributed by atoms with Crippen LogP contribution < -0.4 is 9.47 Å². The van der Waals surface area contributed by atoms with Crippen molar-refractivity contribution in [3.05, 3.63) is 71.9 Å². The van der Waals surface area contributed by atoms with Crippen molar-refractivity contribution in [1.82, 2.24) is 9.88 Å². The normalized spacial score (nSPS) is 18.1. The molecule has 1 fully saturated rings. The van der Waals surface area contributed by atoms with Crippen molar-refractivity contribution in [2.24, 2.45) is 0 Å². The van der Waals surface area contributed by atoms with Gasteiger partial charge in [-0.05, 0) is 80.4 Å². The van der Waals surface area contributed by atoms with Gasteiger partial charge in [-0.3, -0.25) is 4.90 Å². The molecule has 0 radical (unpaired) electrons. The summed E-state index contributed by atoms with van der Waals surface area (Å²) in [6, 6.07) is 21.5. The Labute approximate surface area is 232 Å². The number of fused-ring (bicyclic) bond motifs is 2. The molecule has 40 heavy (non-hydrogen) atoms. The van der Waals surface area contributed by atoms with Crippen LogP contribution in [0, 0.1) is 6.92 Å². The highest BCUT2D eigenvalue weighted by Crippen LogP contribution is 2.35. The summed E-state index contributed by atoms with van der Waals surface area (Å²) >= 11 is 0. The second-order valence-electron chi connectivity index (χ2n) is 10.3. The second-order valence-corrected chi connectivity index (χ2v) is 10.3. The van der Waals surface area contributed by atoms with E-state index < -0.39 is 18.0 Å². The number of carbonyl (C=O) groups is 2. The van der Waals surface area contributed by atoms with E-state index in [9.17, 15) is 5.11 Å². The van der Waals surface area contributed by atoms with Gasteiger partial charge in [0.2, 0.25) is 0 Å². The molecule has 9 nitrogen and oxygen atoms in total. The Kier molecular flexibility index (Phi) is 9.29. The quantitative estimate of drug-likeness (QED) is 0.242. The Bertz CT molecular complexity index is 1470. The van der Waals surface area contributed by atoms with Crippen LogP contribution in [0.15, 0.2) is 60.7 Å². The molecule has 5 rings (SSSR count). The summed E-state index contributed by atoms with van der Waals surface area (Å²) in [4.78, 5) is 23.9. The molecule has 4 aromatic rings. The number of carboxylic acid groups (broad SMARTS) is 2. The molecular formula is C31H36N2O7. The predicted octanol–water partition coefficient (Wildman–Crippen LogP) is 4.80. The Morgan fingerprint density at radius 3 is 2.45 bits per heavy atom. The molecule has 3 aromatic carbocycles. The van der Waals surface area contributed by atoms with Crippen molar-refractivity contribution in [2.75, 3.05) is 26.8 Å². The van der Waals surface area contributed by atoms with Gasteiger partial charge in [0, 0.05) is 34.6 Å². The molecule has 0 spiro atoms. The van der Waals surface area contributed by atoms with Crippen LogP contribution in [0.3, 0.4) is 0 Å². The molecule has 1 aromatic heterocycles. The zero-order chi connectivity index (χ0) is 28.8. The number of likely N-dealkylation sites (tertiary alicyclic amines) is 1. The first-order chi connectivity index (χ1) is 19.2. The number of benzene rings is 3. The number of nitrogens with zero attached hydrogens (tertiary/aromatic N) is 1. The number of methoxy groups -OCH3 is 1. The number of rotatable bonds is 7. The number of aliphatic hydroxyl groups excluding tert-OH is 1. The lowest BCUT2D eigenvalue weighted by atomic mass is 9.85. The van der Waals surface area contributed by atoms with Crippen molar-refractivity contribution in [3.8, 4) is 11.5 Å². The number of aliphatic hydroxyl groups is 1. The van der Waals surface area contributed by atoms with Crippen molar-refractivity contribution < 1.29 is 34.4 Å². The fourth-order valence-corrected chi connectivity index (χ4v) is 5.39. The lowest BCUT2D eigenvalue weighted by Gasteiger charge is -2.39. The third-order valence-corrected chi connectivity index (χ3v) is 7.39. The highest BCUT2D eigenvalue weighted by atomic mass is 16.5. The molecule has 1 aliphatic heterocycles. The zero-order valence-electron chi connectivity index (χ0n) is 23.0. The van der Waals surface area contributed by atoms with Gasteiger partial charge in [0.15, 0.2) is 0 Å². The van der Waals surface area contributed by atoms with E-state index in [1.165, 1.54) is 16.3 Å². The van der Waals surface area contributed by atoms with Gasteiger partial charge in [0.05, 0.1) is 7.11 Å². The monoisotopic (exact) mass is 548 g/mol. The molecule has 0 unspecified atom stereocenters. The number of aromatic nitrogens is 1. The largest absolute Gasteiger partial charge is 0.496 e. The molecule has 3 atom stereocenters. The highest BCUT2D eigenvalue weighted by molar-refractivity contribution is 6.27. The topological polar surface area (TPSA) is 132 Å². The van der Waals surface area contributed by atoms with Gasteiger partial charge in [-0.2, -0.15) is 0 Å². The number of aromatic amines is 1. The van der Waals surface area contributed by atoms with Gasteiger partial charge in [0.1, 0.15) is 24.2 Å². The molecule has 0 aliphatic carbocycles. The van der Waals surface area contributed by atoms with Gasteiger partial charge in [-0.1, -0.05) is 30.3 Å². The van der Waals surface area contributed by atoms with E-state index in [0.717, 1.165) is 47.5 Å². The van der Waals surface area contributed by atoms with Crippen molar-refractivity contribution in [2.45, 2.75) is 44.8 Å². The lowest BCUT2D eigenvalue weighted by Crippen LogP contribution is -2.45. The number of nitrogens with one attached hydrogen (secondary N) is 1. The number of ether oxygens (including phenoxy) is 2. The second kappa shape index (κ2) is 12.8. The number of β-amino-alcohol motifs (C(OH)–C–C–N with tert-alkyl or cyclic N) is 1. The SMILES string of the molecule is COc1cccc2ccc([C@@H]3CCN(C[C@H](O)COc4cccc5[nH]c(C)cc45)[C@@H](C)C3)cc12.O=C(O)C(=O)O. The molecule has 9 heteroatoms. The summed E-state index contributed by atoms with van der Waals surface area (Å²) in [6.07, 6.45) is 1.63. The fraction of sp³-hybridized carbons (Fsp3) is 0.355. The van der Waals surface area contributed by atoms with Gasteiger partial charge in [-0.25, -0.2) is 9.59 Å². The molecule has 2 heterocycles. The van der Waals surface area contributed by atoms with E-state index in [0.29, 0.717) is 25.1 Å². The Morgan fingerprint density at radius 1 is 1.02 bits per heavy atom. The summed E-state index contributed by atoms with van der Waals surface area (Å²) in [7, 11) is 1.73. The summed E-state index contributed by atoms with van der Waals surface area (Å²) in [5.74, 6) is -1.38. The first-order valence-electron chi connectivity index (χ1n) is 13.3. The van der Waals surface area contributed by atoms with E-state index in [1.807, 2.05) is 37.3 Å². The maximum Gasteiger partial charge on any atom is 0.414 e. The van der Waals surface area contributed by atoms with Crippen molar-refractivity contribution in [3.63, 3.8) is 0 Å². The van der Waals surface area contributed by atoms with Gasteiger partial charge < -0.3 is 29.8 Å². The standard InChI is InChI=1S/C29H34N2O3.C2H2O4/c1-19-14-26-27(30-19)7-5-9-29(26)34-18-24(32)17-31-13-12-23(15-20(31)2)22-11-10-21-6-4-8-28(33-3)25(21)16-22;3-1(4)2(5)6/h4-11,14,16,20,23-24,30,32H,12-13,15,17-18H2,1-3H3;(H,3,4)(H,5,6)/t20-,23+,24-;/m0./s1. The van der Waals surface area contributed by atoms with Crippen LogP contribution in [0.1, 0.15) is 36.9 Å². The summed E-state index contributed by atoms with van der Waals surface area (Å²) in [5.41, 5.74) is 3.54. The van der Waals surface area contributed by atoms with Gasteiger partial charge >= 0.3 is 11.9 Å². The molecule has 0 amide bonds. The van der Waals surface area contributed by atoms with Crippen LogP contribution in [-0.4, -0.2) is 76.1 Å². The van der Waals surface area contributed by atoms with Crippen molar-refractivity contribution >= 4 is 33.6 Å². The minimum absolute atomic E-state index is 0.292. The number of H-pyrrole nitrogens is 1. The number of hydrogen-bond acceptors (Lipinski definition) is 6. The van der Waals surface area contributed by atoms with E-state index in [4.69, 9.17) is 29.3 Å².